The van der Waals surface area contributed by atoms with Crippen LogP contribution in [0, 0.1) is 5.92 Å². The first kappa shape index (κ1) is 39.2. The van der Waals surface area contributed by atoms with Gasteiger partial charge >= 0.3 is 18.0 Å². The summed E-state index contributed by atoms with van der Waals surface area (Å²) in [5, 5.41) is 25.1. The Balaban J connectivity index is 1.09. The van der Waals surface area contributed by atoms with E-state index in [4.69, 9.17) is 5.11 Å². The Labute approximate surface area is 325 Å². The van der Waals surface area contributed by atoms with Crippen molar-refractivity contribution >= 4 is 51.8 Å². The molecule has 4 amide bonds. The number of aromatic carboxylic acids is 1. The van der Waals surface area contributed by atoms with Gasteiger partial charge in [0, 0.05) is 41.8 Å². The number of benzene rings is 3. The molecule has 3 aromatic carbocycles. The average molecular weight is 765 g/mol. The van der Waals surface area contributed by atoms with Crippen LogP contribution < -0.4 is 10.6 Å². The van der Waals surface area contributed by atoms with Crippen molar-refractivity contribution in [1.82, 2.24) is 9.80 Å². The Hall–Kier alpha value is -5.49. The van der Waals surface area contributed by atoms with Crippen molar-refractivity contribution in [3.8, 4) is 0 Å². The normalized spacial score (nSPS) is 14.3. The van der Waals surface area contributed by atoms with Crippen molar-refractivity contribution < 1.29 is 34.2 Å². The van der Waals surface area contributed by atoms with Crippen LogP contribution in [0.25, 0.3) is 0 Å². The second-order valence-electron chi connectivity index (χ2n) is 14.7. The number of urea groups is 1. The van der Waals surface area contributed by atoms with Crippen LogP contribution in [-0.4, -0.2) is 68.9 Å². The first-order valence-electron chi connectivity index (χ1n) is 19.0. The van der Waals surface area contributed by atoms with E-state index in [1.165, 1.54) is 11.3 Å². The molecule has 55 heavy (non-hydrogen) atoms. The van der Waals surface area contributed by atoms with Crippen molar-refractivity contribution in [3.63, 3.8) is 0 Å². The Morgan fingerprint density at radius 1 is 0.800 bits per heavy atom. The number of likely N-dealkylation sites (tertiary alicyclic amines) is 1. The summed E-state index contributed by atoms with van der Waals surface area (Å²) in [4.78, 5) is 68.2. The van der Waals surface area contributed by atoms with E-state index in [1.54, 1.807) is 40.1 Å². The highest BCUT2D eigenvalue weighted by Crippen LogP contribution is 2.39. The third-order valence-electron chi connectivity index (χ3n) is 10.5. The molecule has 0 spiro atoms. The molecular weight excluding hydrogens is 717 g/mol. The molecule has 288 valence electrons. The number of carbonyl (C=O) groups is 5. The monoisotopic (exact) mass is 764 g/mol. The molecule has 6 rings (SSSR count). The van der Waals surface area contributed by atoms with Crippen LogP contribution >= 0.6 is 11.3 Å². The van der Waals surface area contributed by atoms with Gasteiger partial charge in [0.05, 0.1) is 17.0 Å². The molecular formula is C43H48N4O7S. The van der Waals surface area contributed by atoms with Crippen LogP contribution in [0.3, 0.4) is 0 Å². The summed E-state index contributed by atoms with van der Waals surface area (Å²) < 4.78 is 0. The van der Waals surface area contributed by atoms with Crippen LogP contribution in [-0.2, 0) is 37.0 Å². The first-order chi connectivity index (χ1) is 26.5. The maximum atomic E-state index is 13.9. The SMILES string of the molecule is CC(C)N(Cc1cccc(C(=O)Nc2sc3c(c2C(=O)Nc2ccc(CCCc4ccc(C(=O)O)cc4)cc2)CCCC3)c1)C(=O)N1CCC(C(=O)O)CC1. The summed E-state index contributed by atoms with van der Waals surface area (Å²) >= 11 is 1.46. The number of nitrogens with one attached hydrogen (secondary N) is 2. The number of aryl methyl sites for hydroxylation is 3. The van der Waals surface area contributed by atoms with E-state index in [0.29, 0.717) is 54.3 Å². The minimum absolute atomic E-state index is 0.117. The Kier molecular flexibility index (Phi) is 12.7. The van der Waals surface area contributed by atoms with Crippen LogP contribution in [0.15, 0.2) is 72.8 Å². The lowest BCUT2D eigenvalue weighted by atomic mass is 9.95. The summed E-state index contributed by atoms with van der Waals surface area (Å²) in [6.07, 6.45) is 7.05. The molecule has 11 nitrogen and oxygen atoms in total. The number of piperidine rings is 1. The highest BCUT2D eigenvalue weighted by molar-refractivity contribution is 7.17. The van der Waals surface area contributed by atoms with E-state index >= 15 is 0 Å². The highest BCUT2D eigenvalue weighted by Gasteiger charge is 2.31. The zero-order valence-corrected chi connectivity index (χ0v) is 32.1. The molecule has 0 atom stereocenters. The third-order valence-corrected chi connectivity index (χ3v) is 11.7. The third kappa shape index (κ3) is 9.79. The van der Waals surface area contributed by atoms with E-state index in [9.17, 15) is 29.1 Å². The molecule has 1 aromatic heterocycles. The number of hydrogen-bond donors (Lipinski definition) is 4. The number of aliphatic carboxylic acids is 1. The Morgan fingerprint density at radius 3 is 2.09 bits per heavy atom. The summed E-state index contributed by atoms with van der Waals surface area (Å²) in [7, 11) is 0. The van der Waals surface area contributed by atoms with Crippen LogP contribution in [0.1, 0.15) is 104 Å². The molecule has 1 fully saturated rings. The van der Waals surface area contributed by atoms with Gasteiger partial charge in [0.2, 0.25) is 0 Å². The standard InChI is InChI=1S/C43H48N4O7S/c1-27(2)47(43(54)46-23-21-32(22-24-46)42(52)53)26-30-9-6-10-33(25-30)38(48)45-40-37(35-11-3-4-12-36(35)55-40)39(49)44-34-19-15-29(16-20-34)8-5-7-28-13-17-31(18-14-28)41(50)51/h6,9-10,13-20,25,27,32H,3-5,7-8,11-12,21-24,26H2,1-2H3,(H,44,49)(H,45,48)(H,50,51)(H,52,53). The second kappa shape index (κ2) is 17.8. The highest BCUT2D eigenvalue weighted by atomic mass is 32.1. The van der Waals surface area contributed by atoms with E-state index in [-0.39, 0.29) is 29.5 Å². The lowest BCUT2D eigenvalue weighted by Gasteiger charge is -2.36. The van der Waals surface area contributed by atoms with Gasteiger partial charge in [-0.3, -0.25) is 14.4 Å². The number of anilines is 2. The Bertz CT molecular complexity index is 2030. The van der Waals surface area contributed by atoms with Gasteiger partial charge in [-0.1, -0.05) is 36.4 Å². The first-order valence-corrected chi connectivity index (χ1v) is 19.8. The lowest BCUT2D eigenvalue weighted by molar-refractivity contribution is -0.143. The van der Waals surface area contributed by atoms with Crippen molar-refractivity contribution in [3.05, 3.63) is 117 Å². The Morgan fingerprint density at radius 2 is 1.45 bits per heavy atom. The number of carbonyl (C=O) groups excluding carboxylic acids is 3. The second-order valence-corrected chi connectivity index (χ2v) is 15.8. The van der Waals surface area contributed by atoms with Crippen molar-refractivity contribution in [2.75, 3.05) is 23.7 Å². The number of carboxylic acid groups (broad SMARTS) is 2. The number of thiophene rings is 1. The summed E-state index contributed by atoms with van der Waals surface area (Å²) in [5.41, 5.74) is 5.85. The van der Waals surface area contributed by atoms with E-state index in [2.05, 4.69) is 10.6 Å². The van der Waals surface area contributed by atoms with Gasteiger partial charge in [-0.2, -0.15) is 0 Å². The van der Waals surface area contributed by atoms with Gasteiger partial charge < -0.3 is 30.6 Å². The number of hydrogen-bond acceptors (Lipinski definition) is 6. The van der Waals surface area contributed by atoms with Crippen molar-refractivity contribution in [2.24, 2.45) is 5.92 Å². The molecule has 12 heteroatoms. The van der Waals surface area contributed by atoms with Crippen LogP contribution in [0.2, 0.25) is 0 Å². The molecule has 1 aliphatic heterocycles. The van der Waals surface area contributed by atoms with Crippen LogP contribution in [0.4, 0.5) is 15.5 Å². The fourth-order valence-corrected chi connectivity index (χ4v) is 8.59. The molecule has 0 bridgehead atoms. The number of amides is 4. The van der Waals surface area contributed by atoms with E-state index in [0.717, 1.165) is 72.1 Å². The summed E-state index contributed by atoms with van der Waals surface area (Å²) in [5.74, 6) is -2.79. The minimum atomic E-state index is -0.934. The predicted octanol–water partition coefficient (Wildman–Crippen LogP) is 8.13. The maximum absolute atomic E-state index is 13.9. The number of rotatable bonds is 13. The predicted molar refractivity (Wildman–Crippen MR) is 213 cm³/mol. The van der Waals surface area contributed by atoms with Gasteiger partial charge in [-0.15, -0.1) is 11.3 Å². The fourth-order valence-electron chi connectivity index (χ4n) is 7.31. The van der Waals surface area contributed by atoms with Gasteiger partial charge in [0.15, 0.2) is 0 Å². The van der Waals surface area contributed by atoms with Gasteiger partial charge in [-0.05, 0) is 130 Å². The molecule has 2 aliphatic rings. The lowest BCUT2D eigenvalue weighted by Crippen LogP contribution is -2.49. The number of fused-ring (bicyclic) bond motifs is 1. The van der Waals surface area contributed by atoms with Gasteiger partial charge in [0.25, 0.3) is 11.8 Å². The number of nitrogens with zero attached hydrogens (tertiary/aromatic N) is 2. The smallest absolute Gasteiger partial charge is 0.335 e. The molecule has 1 aliphatic carbocycles. The van der Waals surface area contributed by atoms with Crippen molar-refractivity contribution in [1.29, 1.82) is 0 Å². The maximum Gasteiger partial charge on any atom is 0.335 e. The van der Waals surface area contributed by atoms with Gasteiger partial charge in [0.1, 0.15) is 5.00 Å². The molecule has 1 saturated heterocycles. The zero-order chi connectivity index (χ0) is 39.1. The van der Waals surface area contributed by atoms with Gasteiger partial charge in [-0.25, -0.2) is 9.59 Å². The number of carboxylic acids is 2. The largest absolute Gasteiger partial charge is 0.481 e. The molecule has 4 aromatic rings. The average Bonchev–Trinajstić information content (AvgIpc) is 3.55. The molecule has 0 radical (unpaired) electrons. The molecule has 2 heterocycles. The molecule has 0 saturated carbocycles. The minimum Gasteiger partial charge on any atom is -0.481 e. The molecule has 0 unspecified atom stereocenters. The van der Waals surface area contributed by atoms with Crippen molar-refractivity contribution in [2.45, 2.75) is 84.2 Å². The zero-order valence-electron chi connectivity index (χ0n) is 31.3. The quantitative estimate of drug-likeness (QED) is 0.107. The molecule has 4 N–H and O–H groups in total. The summed E-state index contributed by atoms with van der Waals surface area (Å²) in [6, 6.07) is 21.6. The van der Waals surface area contributed by atoms with Crippen LogP contribution in [0.5, 0.6) is 0 Å². The van der Waals surface area contributed by atoms with E-state index < -0.39 is 17.9 Å². The fraction of sp³-hybridized carbons (Fsp3) is 0.372. The van der Waals surface area contributed by atoms with E-state index in [1.807, 2.05) is 56.3 Å². The summed E-state index contributed by atoms with van der Waals surface area (Å²) in [6.45, 7) is 4.95. The topological polar surface area (TPSA) is 156 Å².